The van der Waals surface area contributed by atoms with E-state index >= 15 is 0 Å². The summed E-state index contributed by atoms with van der Waals surface area (Å²) >= 11 is 0. The average molecular weight is 625 g/mol. The molecule has 2 fully saturated rings. The minimum absolute atomic E-state index is 0.0768. The van der Waals surface area contributed by atoms with E-state index in [1.807, 2.05) is 0 Å². The second kappa shape index (κ2) is 14.5. The van der Waals surface area contributed by atoms with Crippen molar-refractivity contribution in [1.82, 2.24) is 0 Å². The number of aromatic hydroxyl groups is 4. The highest BCUT2D eigenvalue weighted by atomic mass is 16.7. The summed E-state index contributed by atoms with van der Waals surface area (Å²) in [6.45, 7) is 0.888. The van der Waals surface area contributed by atoms with Crippen LogP contribution in [0.15, 0.2) is 42.5 Å². The smallest absolute Gasteiger partial charge is 0.331 e. The van der Waals surface area contributed by atoms with E-state index in [1.165, 1.54) is 43.3 Å². The maximum atomic E-state index is 12.6. The van der Waals surface area contributed by atoms with E-state index in [0.29, 0.717) is 11.1 Å². The lowest BCUT2D eigenvalue weighted by atomic mass is 9.98. The molecule has 0 radical (unpaired) electrons. The number of carbonyl (C=O) groups excluding carboxylic acids is 1. The van der Waals surface area contributed by atoms with Crippen LogP contribution in [0, 0.1) is 0 Å². The Morgan fingerprint density at radius 2 is 1.43 bits per heavy atom. The molecular weight excluding hydrogens is 588 g/mol. The number of carbonyl (C=O) groups is 1. The number of aliphatic hydroxyl groups excluding tert-OH is 5. The summed E-state index contributed by atoms with van der Waals surface area (Å²) in [6, 6.07) is 7.99. The second-order valence-electron chi connectivity index (χ2n) is 10.5. The van der Waals surface area contributed by atoms with Crippen LogP contribution in [0.25, 0.3) is 6.08 Å². The molecule has 0 aliphatic carbocycles. The van der Waals surface area contributed by atoms with E-state index in [0.717, 1.165) is 6.08 Å². The number of ether oxygens (including phenoxy) is 5. The number of rotatable bonds is 10. The zero-order valence-electron chi connectivity index (χ0n) is 23.5. The average Bonchev–Trinajstić information content (AvgIpc) is 2.99. The third kappa shape index (κ3) is 7.95. The van der Waals surface area contributed by atoms with Crippen LogP contribution in [0.1, 0.15) is 18.1 Å². The fourth-order valence-electron chi connectivity index (χ4n) is 4.66. The highest BCUT2D eigenvalue weighted by Crippen LogP contribution is 2.29. The van der Waals surface area contributed by atoms with Gasteiger partial charge in [-0.3, -0.25) is 0 Å². The van der Waals surface area contributed by atoms with Crippen LogP contribution < -0.4 is 0 Å². The molecule has 2 aromatic rings. The molecule has 2 aromatic carbocycles. The first-order chi connectivity index (χ1) is 20.8. The predicted octanol–water partition coefficient (Wildman–Crippen LogP) is -1.02. The van der Waals surface area contributed by atoms with Crippen LogP contribution in [0.2, 0.25) is 0 Å². The van der Waals surface area contributed by atoms with Crippen LogP contribution in [0.5, 0.6) is 23.0 Å². The van der Waals surface area contributed by atoms with Crippen LogP contribution in [-0.2, 0) is 34.9 Å². The van der Waals surface area contributed by atoms with Crippen LogP contribution in [0.4, 0.5) is 0 Å². The predicted molar refractivity (Wildman–Crippen MR) is 147 cm³/mol. The molecule has 0 saturated carbocycles. The molecule has 15 heteroatoms. The summed E-state index contributed by atoms with van der Waals surface area (Å²) in [5.41, 5.74) is 0.919. The van der Waals surface area contributed by atoms with Gasteiger partial charge >= 0.3 is 5.97 Å². The monoisotopic (exact) mass is 624 g/mol. The van der Waals surface area contributed by atoms with E-state index in [-0.39, 0.29) is 30.3 Å². The van der Waals surface area contributed by atoms with E-state index in [1.54, 1.807) is 6.07 Å². The Morgan fingerprint density at radius 3 is 2.11 bits per heavy atom. The molecule has 4 rings (SSSR count). The van der Waals surface area contributed by atoms with Crippen LogP contribution >= 0.6 is 0 Å². The van der Waals surface area contributed by atoms with Gasteiger partial charge in [-0.1, -0.05) is 12.1 Å². The van der Waals surface area contributed by atoms with Crippen molar-refractivity contribution in [2.75, 3.05) is 13.2 Å². The molecule has 2 aliphatic rings. The fourth-order valence-corrected chi connectivity index (χ4v) is 4.66. The van der Waals surface area contributed by atoms with E-state index in [9.17, 15) is 50.8 Å². The molecule has 2 saturated heterocycles. The Morgan fingerprint density at radius 1 is 0.773 bits per heavy atom. The zero-order valence-corrected chi connectivity index (χ0v) is 23.5. The van der Waals surface area contributed by atoms with Gasteiger partial charge in [0.1, 0.15) is 36.6 Å². The van der Waals surface area contributed by atoms with Gasteiger partial charge in [-0.05, 0) is 54.8 Å². The first-order valence-corrected chi connectivity index (χ1v) is 13.7. The molecule has 242 valence electrons. The maximum absolute atomic E-state index is 12.6. The molecule has 15 nitrogen and oxygen atoms in total. The van der Waals surface area contributed by atoms with Gasteiger partial charge in [0.05, 0.1) is 19.3 Å². The molecular formula is C29H36O15. The minimum atomic E-state index is -1.70. The second-order valence-corrected chi connectivity index (χ2v) is 10.5. The van der Waals surface area contributed by atoms with Gasteiger partial charge < -0.3 is 69.6 Å². The first kappa shape index (κ1) is 33.4. The first-order valence-electron chi connectivity index (χ1n) is 13.7. The van der Waals surface area contributed by atoms with Crippen molar-refractivity contribution in [3.8, 4) is 23.0 Å². The zero-order chi connectivity index (χ0) is 32.1. The molecule has 2 aliphatic heterocycles. The number of esters is 1. The van der Waals surface area contributed by atoms with Crippen LogP contribution in [0.3, 0.4) is 0 Å². The Balaban J connectivity index is 1.45. The molecule has 0 spiro atoms. The molecule has 10 unspecified atom stereocenters. The van der Waals surface area contributed by atoms with Crippen molar-refractivity contribution in [2.24, 2.45) is 0 Å². The van der Waals surface area contributed by atoms with Gasteiger partial charge in [-0.15, -0.1) is 0 Å². The SMILES string of the molecule is CC1OC(OCC2OC(OCCc3ccc(O)c(O)c3)C(O)C(OC(=O)C=Cc3ccc(O)c(O)c3)C2O)C(O)C(O)C1O. The highest BCUT2D eigenvalue weighted by Gasteiger charge is 2.49. The molecule has 10 atom stereocenters. The molecule has 9 N–H and O–H groups in total. The van der Waals surface area contributed by atoms with Crippen molar-refractivity contribution in [2.45, 2.75) is 74.8 Å². The van der Waals surface area contributed by atoms with E-state index in [4.69, 9.17) is 23.7 Å². The van der Waals surface area contributed by atoms with Crippen molar-refractivity contribution in [3.05, 3.63) is 53.6 Å². The Hall–Kier alpha value is -3.51. The number of phenols is 4. The lowest BCUT2D eigenvalue weighted by Gasteiger charge is -2.43. The summed E-state index contributed by atoms with van der Waals surface area (Å²) < 4.78 is 27.7. The number of benzene rings is 2. The third-order valence-electron chi connectivity index (χ3n) is 7.25. The van der Waals surface area contributed by atoms with Crippen molar-refractivity contribution in [3.63, 3.8) is 0 Å². The molecule has 0 bridgehead atoms. The number of aliphatic hydroxyl groups is 5. The molecule has 44 heavy (non-hydrogen) atoms. The fraction of sp³-hybridized carbons (Fsp3) is 0.483. The maximum Gasteiger partial charge on any atom is 0.331 e. The molecule has 2 heterocycles. The standard InChI is InChI=1S/C29H36O15/c1-13-22(35)24(37)25(38)28(42-13)41-12-20-23(36)27(44-21(34)7-4-14-2-5-16(30)18(32)10-14)26(39)29(43-20)40-9-8-15-3-6-17(31)19(33)11-15/h2-7,10-11,13,20,22-33,35-39H,8-9,12H2,1H3. The van der Waals surface area contributed by atoms with Gasteiger partial charge in [0.15, 0.2) is 41.7 Å². The highest BCUT2D eigenvalue weighted by molar-refractivity contribution is 5.87. The summed E-state index contributed by atoms with van der Waals surface area (Å²) in [4.78, 5) is 12.6. The Kier molecular flexibility index (Phi) is 11.0. The van der Waals surface area contributed by atoms with Gasteiger partial charge in [0.2, 0.25) is 0 Å². The van der Waals surface area contributed by atoms with Gasteiger partial charge in [-0.25, -0.2) is 4.79 Å². The Labute approximate surface area is 251 Å². The van der Waals surface area contributed by atoms with Crippen LogP contribution in [-0.4, -0.2) is 127 Å². The third-order valence-corrected chi connectivity index (χ3v) is 7.25. The molecule has 0 aromatic heterocycles. The lowest BCUT2D eigenvalue weighted by molar-refractivity contribution is -0.328. The summed E-state index contributed by atoms with van der Waals surface area (Å²) in [5.74, 6) is -2.39. The van der Waals surface area contributed by atoms with Crippen molar-refractivity contribution < 1.29 is 74.4 Å². The quantitative estimate of drug-likeness (QED) is 0.0873. The minimum Gasteiger partial charge on any atom is -0.504 e. The Bertz CT molecular complexity index is 1300. The van der Waals surface area contributed by atoms with Crippen molar-refractivity contribution in [1.29, 1.82) is 0 Å². The lowest BCUT2D eigenvalue weighted by Crippen LogP contribution is -2.62. The number of hydrogen-bond acceptors (Lipinski definition) is 15. The topological polar surface area (TPSA) is 245 Å². The summed E-state index contributed by atoms with van der Waals surface area (Å²) in [5, 5.41) is 90.5. The largest absolute Gasteiger partial charge is 0.504 e. The number of phenolic OH excluding ortho intramolecular Hbond substituents is 4. The van der Waals surface area contributed by atoms with Crippen molar-refractivity contribution >= 4 is 12.0 Å². The summed E-state index contributed by atoms with van der Waals surface area (Å²) in [6.07, 6.45) is -12.2. The normalized spacial score (nSPS) is 32.5. The van der Waals surface area contributed by atoms with Gasteiger partial charge in [0.25, 0.3) is 0 Å². The van der Waals surface area contributed by atoms with E-state index < -0.39 is 79.7 Å². The van der Waals surface area contributed by atoms with Gasteiger partial charge in [0, 0.05) is 6.08 Å². The van der Waals surface area contributed by atoms with E-state index in [2.05, 4.69) is 0 Å². The molecule has 0 amide bonds. The summed E-state index contributed by atoms with van der Waals surface area (Å²) in [7, 11) is 0. The number of hydrogen-bond donors (Lipinski definition) is 9. The van der Waals surface area contributed by atoms with Gasteiger partial charge in [-0.2, -0.15) is 0 Å².